The van der Waals surface area contributed by atoms with Crippen LogP contribution in [0, 0.1) is 0 Å². The molecular formula is C6H13NS. The van der Waals surface area contributed by atoms with Gasteiger partial charge in [-0.05, 0) is 19.2 Å². The molecule has 0 radical (unpaired) electrons. The van der Waals surface area contributed by atoms with Gasteiger partial charge in [0.1, 0.15) is 0 Å². The Balaban J connectivity index is 3.06. The molecule has 0 amide bonds. The maximum atomic E-state index is 5.29. The zero-order valence-corrected chi connectivity index (χ0v) is 6.13. The van der Waals surface area contributed by atoms with Crippen LogP contribution in [0.5, 0.6) is 0 Å². The van der Waals surface area contributed by atoms with E-state index in [-0.39, 0.29) is 0 Å². The summed E-state index contributed by atoms with van der Waals surface area (Å²) in [5.41, 5.74) is 6.54. The number of thioether (sulfide) groups is 1. The molecule has 2 N–H and O–H groups in total. The van der Waals surface area contributed by atoms with Crippen molar-refractivity contribution in [3.05, 3.63) is 12.2 Å². The van der Waals surface area contributed by atoms with Crippen LogP contribution in [0.2, 0.25) is 0 Å². The monoisotopic (exact) mass is 131 g/mol. The van der Waals surface area contributed by atoms with E-state index in [0.29, 0.717) is 0 Å². The molecule has 0 aliphatic carbocycles. The fourth-order valence-corrected chi connectivity index (χ4v) is 1.03. The minimum atomic E-state index is 0.736. The van der Waals surface area contributed by atoms with Crippen LogP contribution >= 0.6 is 11.8 Å². The summed E-state index contributed by atoms with van der Waals surface area (Å²) in [6.07, 6.45) is 3.04. The average Bonchev–Trinajstić information content (AvgIpc) is 1.68. The summed E-state index contributed by atoms with van der Waals surface area (Å²) >= 11 is 1.79. The molecule has 0 spiro atoms. The van der Waals surface area contributed by atoms with Gasteiger partial charge in [-0.25, -0.2) is 0 Å². The van der Waals surface area contributed by atoms with Crippen molar-refractivity contribution in [2.75, 3.05) is 18.6 Å². The molecule has 0 fully saturated rings. The Morgan fingerprint density at radius 2 is 2.38 bits per heavy atom. The van der Waals surface area contributed by atoms with E-state index in [1.54, 1.807) is 11.8 Å². The highest BCUT2D eigenvalue weighted by Gasteiger charge is 1.87. The third kappa shape index (κ3) is 4.22. The molecule has 0 aliphatic rings. The Kier molecular flexibility index (Phi) is 5.22. The molecular weight excluding hydrogens is 118 g/mol. The van der Waals surface area contributed by atoms with Crippen molar-refractivity contribution >= 4 is 11.8 Å². The molecule has 0 aromatic heterocycles. The predicted octanol–water partition coefficient (Wildman–Crippen LogP) is 1.25. The fraction of sp³-hybridized carbons (Fsp3) is 0.667. The highest BCUT2D eigenvalue weighted by atomic mass is 32.2. The van der Waals surface area contributed by atoms with Crippen molar-refractivity contribution in [1.29, 1.82) is 0 Å². The van der Waals surface area contributed by atoms with Crippen LogP contribution in [0.15, 0.2) is 12.2 Å². The van der Waals surface area contributed by atoms with Gasteiger partial charge in [0.2, 0.25) is 0 Å². The van der Waals surface area contributed by atoms with Crippen LogP contribution in [-0.2, 0) is 0 Å². The summed E-state index contributed by atoms with van der Waals surface area (Å²) in [6.45, 7) is 4.57. The van der Waals surface area contributed by atoms with Crippen LogP contribution in [0.25, 0.3) is 0 Å². The van der Waals surface area contributed by atoms with Gasteiger partial charge in [-0.1, -0.05) is 12.2 Å². The Bertz CT molecular complexity index is 62.9. The van der Waals surface area contributed by atoms with Gasteiger partial charge in [0.05, 0.1) is 0 Å². The SMILES string of the molecule is C=C(CCN)CSC. The van der Waals surface area contributed by atoms with Gasteiger partial charge >= 0.3 is 0 Å². The second-order valence-electron chi connectivity index (χ2n) is 1.72. The van der Waals surface area contributed by atoms with Gasteiger partial charge in [-0.15, -0.1) is 0 Å². The lowest BCUT2D eigenvalue weighted by atomic mass is 10.2. The molecule has 0 aromatic carbocycles. The zero-order chi connectivity index (χ0) is 6.41. The number of hydrogen-bond acceptors (Lipinski definition) is 2. The average molecular weight is 131 g/mol. The lowest BCUT2D eigenvalue weighted by Gasteiger charge is -1.97. The van der Waals surface area contributed by atoms with Gasteiger partial charge in [-0.3, -0.25) is 0 Å². The van der Waals surface area contributed by atoms with Gasteiger partial charge in [-0.2, -0.15) is 11.8 Å². The van der Waals surface area contributed by atoms with Crippen molar-refractivity contribution in [3.8, 4) is 0 Å². The van der Waals surface area contributed by atoms with Crippen molar-refractivity contribution in [3.63, 3.8) is 0 Å². The Morgan fingerprint density at radius 3 is 2.75 bits per heavy atom. The molecule has 1 nitrogen and oxygen atoms in total. The maximum Gasteiger partial charge on any atom is 0.0138 e. The molecule has 0 bridgehead atoms. The zero-order valence-electron chi connectivity index (χ0n) is 5.31. The number of rotatable bonds is 4. The standard InChI is InChI=1S/C6H13NS/c1-6(3-4-7)5-8-2/h1,3-5,7H2,2H3. The molecule has 0 aromatic rings. The molecule has 0 aliphatic heterocycles. The van der Waals surface area contributed by atoms with E-state index in [0.717, 1.165) is 18.7 Å². The van der Waals surface area contributed by atoms with E-state index in [9.17, 15) is 0 Å². The molecule has 0 atom stereocenters. The van der Waals surface area contributed by atoms with Crippen LogP contribution in [-0.4, -0.2) is 18.6 Å². The second kappa shape index (κ2) is 5.19. The van der Waals surface area contributed by atoms with Crippen molar-refractivity contribution in [2.45, 2.75) is 6.42 Å². The number of hydrogen-bond donors (Lipinski definition) is 1. The summed E-state index contributed by atoms with van der Waals surface area (Å²) in [5, 5.41) is 0. The van der Waals surface area contributed by atoms with Gasteiger partial charge in [0, 0.05) is 5.75 Å². The summed E-state index contributed by atoms with van der Waals surface area (Å²) in [6, 6.07) is 0. The minimum absolute atomic E-state index is 0.736. The first kappa shape index (κ1) is 8.05. The smallest absolute Gasteiger partial charge is 0.0138 e. The maximum absolute atomic E-state index is 5.29. The first-order valence-corrected chi connectivity index (χ1v) is 4.06. The lowest BCUT2D eigenvalue weighted by Crippen LogP contribution is -2.00. The van der Waals surface area contributed by atoms with Gasteiger partial charge in [0.15, 0.2) is 0 Å². The molecule has 0 saturated carbocycles. The lowest BCUT2D eigenvalue weighted by molar-refractivity contribution is 0.959. The third-order valence-corrected chi connectivity index (χ3v) is 1.54. The Labute approximate surface area is 55.3 Å². The molecule has 48 valence electrons. The molecule has 8 heavy (non-hydrogen) atoms. The summed E-state index contributed by atoms with van der Waals surface area (Å²) in [4.78, 5) is 0. The first-order valence-electron chi connectivity index (χ1n) is 2.67. The van der Waals surface area contributed by atoms with Gasteiger partial charge in [0.25, 0.3) is 0 Å². The minimum Gasteiger partial charge on any atom is -0.330 e. The first-order chi connectivity index (χ1) is 3.81. The number of nitrogens with two attached hydrogens (primary N) is 1. The van der Waals surface area contributed by atoms with Gasteiger partial charge < -0.3 is 5.73 Å². The van der Waals surface area contributed by atoms with E-state index in [1.807, 2.05) is 0 Å². The molecule has 0 heterocycles. The fourth-order valence-electron chi connectivity index (χ4n) is 0.480. The van der Waals surface area contributed by atoms with E-state index in [2.05, 4.69) is 12.8 Å². The largest absolute Gasteiger partial charge is 0.330 e. The second-order valence-corrected chi connectivity index (χ2v) is 2.59. The Morgan fingerprint density at radius 1 is 1.75 bits per heavy atom. The van der Waals surface area contributed by atoms with Crippen molar-refractivity contribution < 1.29 is 0 Å². The molecule has 0 unspecified atom stereocenters. The summed E-state index contributed by atoms with van der Waals surface area (Å²) in [7, 11) is 0. The molecule has 2 heteroatoms. The van der Waals surface area contributed by atoms with Crippen LogP contribution in [0.1, 0.15) is 6.42 Å². The van der Waals surface area contributed by atoms with Crippen LogP contribution < -0.4 is 5.73 Å². The van der Waals surface area contributed by atoms with E-state index in [1.165, 1.54) is 5.57 Å². The Hall–Kier alpha value is 0.0500. The summed E-state index contributed by atoms with van der Waals surface area (Å²) in [5.74, 6) is 1.05. The normalized spacial score (nSPS) is 9.25. The van der Waals surface area contributed by atoms with Crippen LogP contribution in [0.4, 0.5) is 0 Å². The predicted molar refractivity (Wildman–Crippen MR) is 41.2 cm³/mol. The van der Waals surface area contributed by atoms with Crippen molar-refractivity contribution in [2.24, 2.45) is 5.73 Å². The molecule has 0 rings (SSSR count). The van der Waals surface area contributed by atoms with E-state index in [4.69, 9.17) is 5.73 Å². The van der Waals surface area contributed by atoms with Crippen LogP contribution in [0.3, 0.4) is 0 Å². The topological polar surface area (TPSA) is 26.0 Å². The summed E-state index contributed by atoms with van der Waals surface area (Å²) < 4.78 is 0. The quantitative estimate of drug-likeness (QED) is 0.581. The molecule has 0 saturated heterocycles. The highest BCUT2D eigenvalue weighted by molar-refractivity contribution is 7.98. The highest BCUT2D eigenvalue weighted by Crippen LogP contribution is 2.03. The van der Waals surface area contributed by atoms with E-state index < -0.39 is 0 Å². The van der Waals surface area contributed by atoms with Crippen molar-refractivity contribution in [1.82, 2.24) is 0 Å². The third-order valence-electron chi connectivity index (χ3n) is 0.846. The van der Waals surface area contributed by atoms with E-state index >= 15 is 0 Å².